The summed E-state index contributed by atoms with van der Waals surface area (Å²) < 4.78 is 18.7. The van der Waals surface area contributed by atoms with Gasteiger partial charge in [0.1, 0.15) is 11.4 Å². The summed E-state index contributed by atoms with van der Waals surface area (Å²) in [6.07, 6.45) is -0.372. The Morgan fingerprint density at radius 1 is 1.35 bits per heavy atom. The first-order valence-corrected chi connectivity index (χ1v) is 8.38. The number of thioether (sulfide) groups is 1. The number of rotatable bonds is 4. The Balaban J connectivity index is 1.68. The van der Waals surface area contributed by atoms with Crippen LogP contribution in [0.3, 0.4) is 0 Å². The Morgan fingerprint density at radius 3 is 2.61 bits per heavy atom. The van der Waals surface area contributed by atoms with Gasteiger partial charge in [0.25, 0.3) is 0 Å². The van der Waals surface area contributed by atoms with Crippen molar-refractivity contribution in [1.29, 1.82) is 0 Å². The van der Waals surface area contributed by atoms with Gasteiger partial charge in [0.15, 0.2) is 0 Å². The van der Waals surface area contributed by atoms with Crippen molar-refractivity contribution < 1.29 is 18.7 Å². The summed E-state index contributed by atoms with van der Waals surface area (Å²) in [5.41, 5.74) is -0.526. The lowest BCUT2D eigenvalue weighted by atomic mass is 10.1. The minimum atomic E-state index is -0.526. The van der Waals surface area contributed by atoms with Gasteiger partial charge >= 0.3 is 6.09 Å². The summed E-state index contributed by atoms with van der Waals surface area (Å²) in [6.45, 7) is 6.30. The summed E-state index contributed by atoms with van der Waals surface area (Å²) in [5.74, 6) is -0.360. The first-order chi connectivity index (χ1) is 10.7. The van der Waals surface area contributed by atoms with Crippen LogP contribution in [0.2, 0.25) is 0 Å². The third-order valence-corrected chi connectivity index (χ3v) is 4.14. The second-order valence-electron chi connectivity index (χ2n) is 6.37. The Hall–Kier alpha value is -1.76. The Labute approximate surface area is 139 Å². The zero-order chi connectivity index (χ0) is 17.0. The number of hydrogen-bond acceptors (Lipinski definition) is 4. The fraction of sp³-hybridized carbons (Fsp3) is 0.500. The quantitative estimate of drug-likeness (QED) is 0.856. The number of nitrogens with one attached hydrogen (secondary N) is 1. The van der Waals surface area contributed by atoms with Crippen LogP contribution in [0.25, 0.3) is 0 Å². The highest BCUT2D eigenvalue weighted by molar-refractivity contribution is 8.00. The molecule has 126 valence electrons. The van der Waals surface area contributed by atoms with Crippen LogP contribution in [0.15, 0.2) is 29.2 Å². The molecule has 0 saturated carbocycles. The SMILES string of the molecule is CC(C)(C)OC(=O)N1CC(NC(=O)CSc2ccccc2F)C1. The van der Waals surface area contributed by atoms with E-state index in [0.29, 0.717) is 18.0 Å². The summed E-state index contributed by atoms with van der Waals surface area (Å²) in [4.78, 5) is 25.6. The van der Waals surface area contributed by atoms with Crippen LogP contribution >= 0.6 is 11.8 Å². The first kappa shape index (κ1) is 17.6. The van der Waals surface area contributed by atoms with Crippen molar-refractivity contribution >= 4 is 23.8 Å². The van der Waals surface area contributed by atoms with Crippen LogP contribution in [-0.2, 0) is 9.53 Å². The van der Waals surface area contributed by atoms with Crippen molar-refractivity contribution in [2.75, 3.05) is 18.8 Å². The van der Waals surface area contributed by atoms with E-state index in [1.165, 1.54) is 6.07 Å². The largest absolute Gasteiger partial charge is 0.444 e. The molecule has 1 fully saturated rings. The molecule has 1 saturated heterocycles. The molecule has 1 aliphatic rings. The van der Waals surface area contributed by atoms with E-state index in [0.717, 1.165) is 11.8 Å². The van der Waals surface area contributed by atoms with Gasteiger partial charge in [0, 0.05) is 18.0 Å². The van der Waals surface area contributed by atoms with E-state index in [4.69, 9.17) is 4.74 Å². The van der Waals surface area contributed by atoms with Gasteiger partial charge in [-0.25, -0.2) is 9.18 Å². The number of amides is 2. The second kappa shape index (κ2) is 7.21. The van der Waals surface area contributed by atoms with Crippen LogP contribution in [0.4, 0.5) is 9.18 Å². The molecule has 1 aromatic carbocycles. The molecule has 0 atom stereocenters. The highest BCUT2D eigenvalue weighted by Crippen LogP contribution is 2.21. The smallest absolute Gasteiger partial charge is 0.410 e. The molecule has 0 radical (unpaired) electrons. The Kier molecular flexibility index (Phi) is 5.51. The fourth-order valence-electron chi connectivity index (χ4n) is 2.02. The first-order valence-electron chi connectivity index (χ1n) is 7.39. The summed E-state index contributed by atoms with van der Waals surface area (Å²) >= 11 is 1.15. The topological polar surface area (TPSA) is 58.6 Å². The van der Waals surface area contributed by atoms with Crippen LogP contribution in [0.1, 0.15) is 20.8 Å². The molecule has 0 aliphatic carbocycles. The van der Waals surface area contributed by atoms with Gasteiger partial charge in [0.2, 0.25) is 5.91 Å². The van der Waals surface area contributed by atoms with Gasteiger partial charge in [0.05, 0.1) is 11.8 Å². The zero-order valence-electron chi connectivity index (χ0n) is 13.5. The number of hydrogen-bond donors (Lipinski definition) is 1. The van der Waals surface area contributed by atoms with Crippen molar-refractivity contribution in [3.05, 3.63) is 30.1 Å². The lowest BCUT2D eigenvalue weighted by Gasteiger charge is -2.39. The normalized spacial score (nSPS) is 15.0. The highest BCUT2D eigenvalue weighted by atomic mass is 32.2. The zero-order valence-corrected chi connectivity index (χ0v) is 14.3. The van der Waals surface area contributed by atoms with Crippen molar-refractivity contribution in [2.24, 2.45) is 0 Å². The molecule has 23 heavy (non-hydrogen) atoms. The lowest BCUT2D eigenvalue weighted by Crippen LogP contribution is -2.61. The molecule has 1 aliphatic heterocycles. The number of ether oxygens (including phenoxy) is 1. The van der Waals surface area contributed by atoms with Crippen LogP contribution in [0, 0.1) is 5.82 Å². The van der Waals surface area contributed by atoms with Crippen LogP contribution in [0.5, 0.6) is 0 Å². The number of carbonyl (C=O) groups is 2. The molecule has 1 heterocycles. The highest BCUT2D eigenvalue weighted by Gasteiger charge is 2.34. The van der Waals surface area contributed by atoms with Crippen LogP contribution in [-0.4, -0.2) is 47.4 Å². The third-order valence-electron chi connectivity index (χ3n) is 3.09. The van der Waals surface area contributed by atoms with Crippen molar-refractivity contribution in [2.45, 2.75) is 37.3 Å². The molecular weight excluding hydrogens is 319 g/mol. The van der Waals surface area contributed by atoms with Gasteiger partial charge in [-0.3, -0.25) is 4.79 Å². The van der Waals surface area contributed by atoms with Gasteiger partial charge in [-0.05, 0) is 32.9 Å². The molecule has 0 bridgehead atoms. The lowest BCUT2D eigenvalue weighted by molar-refractivity contribution is -0.120. The third kappa shape index (κ3) is 5.42. The molecule has 2 rings (SSSR count). The maximum Gasteiger partial charge on any atom is 0.410 e. The summed E-state index contributed by atoms with van der Waals surface area (Å²) in [5, 5.41) is 2.82. The van der Waals surface area contributed by atoms with Gasteiger partial charge in [-0.1, -0.05) is 12.1 Å². The Bertz CT molecular complexity index is 583. The predicted octanol–water partition coefficient (Wildman–Crippen LogP) is 2.65. The second-order valence-corrected chi connectivity index (χ2v) is 7.39. The van der Waals surface area contributed by atoms with E-state index in [1.807, 2.05) is 20.8 Å². The molecule has 0 spiro atoms. The Morgan fingerprint density at radius 2 is 2.00 bits per heavy atom. The monoisotopic (exact) mass is 340 g/mol. The number of halogens is 1. The van der Waals surface area contributed by atoms with E-state index >= 15 is 0 Å². The van der Waals surface area contributed by atoms with Crippen molar-refractivity contribution in [3.8, 4) is 0 Å². The maximum absolute atomic E-state index is 13.4. The van der Waals surface area contributed by atoms with E-state index in [2.05, 4.69) is 5.32 Å². The summed E-state index contributed by atoms with van der Waals surface area (Å²) in [7, 11) is 0. The van der Waals surface area contributed by atoms with E-state index in [-0.39, 0.29) is 29.6 Å². The molecule has 2 amide bonds. The molecule has 0 unspecified atom stereocenters. The molecule has 1 N–H and O–H groups in total. The minimum absolute atomic E-state index is 0.0729. The number of benzene rings is 1. The van der Waals surface area contributed by atoms with Crippen molar-refractivity contribution in [1.82, 2.24) is 10.2 Å². The number of likely N-dealkylation sites (tertiary alicyclic amines) is 1. The molecule has 7 heteroatoms. The average molecular weight is 340 g/mol. The predicted molar refractivity (Wildman–Crippen MR) is 86.9 cm³/mol. The van der Waals surface area contributed by atoms with Gasteiger partial charge in [-0.2, -0.15) is 0 Å². The standard InChI is InChI=1S/C16H21FN2O3S/c1-16(2,3)22-15(21)19-8-11(9-19)18-14(20)10-23-13-7-5-4-6-12(13)17/h4-7,11H,8-10H2,1-3H3,(H,18,20). The van der Waals surface area contributed by atoms with Crippen molar-refractivity contribution in [3.63, 3.8) is 0 Å². The van der Waals surface area contributed by atoms with Crippen LogP contribution < -0.4 is 5.32 Å². The average Bonchev–Trinajstić information content (AvgIpc) is 2.39. The number of carbonyl (C=O) groups excluding carboxylic acids is 2. The van der Waals surface area contributed by atoms with Gasteiger partial charge < -0.3 is 15.0 Å². The number of nitrogens with zero attached hydrogens (tertiary/aromatic N) is 1. The summed E-state index contributed by atoms with van der Waals surface area (Å²) in [6, 6.07) is 6.27. The molecule has 1 aromatic rings. The fourth-order valence-corrected chi connectivity index (χ4v) is 2.77. The van der Waals surface area contributed by atoms with E-state index in [9.17, 15) is 14.0 Å². The molecule has 0 aromatic heterocycles. The van der Waals surface area contributed by atoms with Gasteiger partial charge in [-0.15, -0.1) is 11.8 Å². The van der Waals surface area contributed by atoms with E-state index < -0.39 is 5.60 Å². The van der Waals surface area contributed by atoms with E-state index in [1.54, 1.807) is 23.1 Å². The molecular formula is C16H21FN2O3S. The maximum atomic E-state index is 13.4. The minimum Gasteiger partial charge on any atom is -0.444 e. The molecule has 5 nitrogen and oxygen atoms in total.